The number of alkyl halides is 3. The van der Waals surface area contributed by atoms with Crippen molar-refractivity contribution in [2.24, 2.45) is 0 Å². The van der Waals surface area contributed by atoms with Gasteiger partial charge in [0.25, 0.3) is 0 Å². The number of hydrogen-bond donors (Lipinski definition) is 0. The molecule has 0 N–H and O–H groups in total. The number of aryl methyl sites for hydroxylation is 2. The molecule has 132 valence electrons. The molecule has 0 saturated carbocycles. The monoisotopic (exact) mass is 349 g/mol. The van der Waals surface area contributed by atoms with Crippen LogP contribution >= 0.6 is 0 Å². The second-order valence-corrected chi connectivity index (χ2v) is 6.30. The van der Waals surface area contributed by atoms with Gasteiger partial charge in [-0.25, -0.2) is 15.0 Å². The Hall–Kier alpha value is -2.64. The predicted octanol–water partition coefficient (Wildman–Crippen LogP) is 3.58. The Kier molecular flexibility index (Phi) is 4.14. The summed E-state index contributed by atoms with van der Waals surface area (Å²) in [6.07, 6.45) is -3.11. The number of benzene rings is 1. The van der Waals surface area contributed by atoms with Crippen molar-refractivity contribution in [2.75, 3.05) is 19.0 Å². The van der Waals surface area contributed by atoms with Gasteiger partial charge in [0.2, 0.25) is 5.82 Å². The summed E-state index contributed by atoms with van der Waals surface area (Å²) in [7, 11) is 3.26. The molecule has 25 heavy (non-hydrogen) atoms. The Morgan fingerprint density at radius 2 is 1.68 bits per heavy atom. The minimum atomic E-state index is -4.62. The number of hydrogen-bond acceptors (Lipinski definition) is 4. The lowest BCUT2D eigenvalue weighted by Crippen LogP contribution is -2.18. The van der Waals surface area contributed by atoms with Crippen LogP contribution in [0.1, 0.15) is 22.5 Å². The molecule has 0 radical (unpaired) electrons. The number of aromatic nitrogens is 4. The van der Waals surface area contributed by atoms with E-state index < -0.39 is 12.0 Å². The number of rotatable bonds is 3. The predicted molar refractivity (Wildman–Crippen MR) is 89.7 cm³/mol. The summed E-state index contributed by atoms with van der Waals surface area (Å²) in [4.78, 5) is 13.1. The molecule has 3 aromatic rings. The van der Waals surface area contributed by atoms with Crippen molar-refractivity contribution in [3.63, 3.8) is 0 Å². The fourth-order valence-electron chi connectivity index (χ4n) is 2.84. The summed E-state index contributed by atoms with van der Waals surface area (Å²) < 4.78 is 41.1. The number of nitrogens with zero attached hydrogens (tertiary/aromatic N) is 5. The van der Waals surface area contributed by atoms with Crippen molar-refractivity contribution in [3.05, 3.63) is 47.0 Å². The Morgan fingerprint density at radius 3 is 2.24 bits per heavy atom. The molecular formula is C17H18F3N5. The summed E-state index contributed by atoms with van der Waals surface area (Å²) in [5, 5.41) is 0. The SMILES string of the molecule is Cc1cc(C)cc(Cn2cnc3c(N(C)C)nc(C(F)(F)F)nc32)c1. The summed E-state index contributed by atoms with van der Waals surface area (Å²) >= 11 is 0. The molecule has 0 aliphatic heterocycles. The van der Waals surface area contributed by atoms with E-state index in [1.807, 2.05) is 32.0 Å². The van der Waals surface area contributed by atoms with Gasteiger partial charge in [0.1, 0.15) is 0 Å². The molecule has 5 nitrogen and oxygen atoms in total. The van der Waals surface area contributed by atoms with Crippen molar-refractivity contribution in [1.82, 2.24) is 19.5 Å². The molecule has 8 heteroatoms. The first-order chi connectivity index (χ1) is 11.6. The van der Waals surface area contributed by atoms with E-state index in [9.17, 15) is 13.2 Å². The highest BCUT2D eigenvalue weighted by molar-refractivity contribution is 5.83. The minimum Gasteiger partial charge on any atom is -0.361 e. The van der Waals surface area contributed by atoms with Crippen LogP contribution in [-0.2, 0) is 12.7 Å². The molecular weight excluding hydrogens is 331 g/mol. The lowest BCUT2D eigenvalue weighted by atomic mass is 10.1. The molecule has 2 aromatic heterocycles. The first-order valence-corrected chi connectivity index (χ1v) is 7.69. The molecule has 1 aromatic carbocycles. The van der Waals surface area contributed by atoms with Gasteiger partial charge in [0, 0.05) is 14.1 Å². The van der Waals surface area contributed by atoms with Gasteiger partial charge in [0.05, 0.1) is 12.9 Å². The number of imidazole rings is 1. The molecule has 0 atom stereocenters. The molecule has 0 spiro atoms. The third-order valence-corrected chi connectivity index (χ3v) is 3.76. The van der Waals surface area contributed by atoms with E-state index in [1.54, 1.807) is 18.7 Å². The Bertz CT molecular complexity index is 908. The topological polar surface area (TPSA) is 46.8 Å². The van der Waals surface area contributed by atoms with Gasteiger partial charge in [-0.15, -0.1) is 0 Å². The van der Waals surface area contributed by atoms with Gasteiger partial charge in [-0.1, -0.05) is 29.3 Å². The van der Waals surface area contributed by atoms with Crippen LogP contribution in [-0.4, -0.2) is 33.6 Å². The van der Waals surface area contributed by atoms with Gasteiger partial charge >= 0.3 is 6.18 Å². The third-order valence-electron chi connectivity index (χ3n) is 3.76. The van der Waals surface area contributed by atoms with E-state index in [1.165, 1.54) is 11.2 Å². The van der Waals surface area contributed by atoms with Gasteiger partial charge in [-0.3, -0.25) is 0 Å². The van der Waals surface area contributed by atoms with Crippen LogP contribution in [0.2, 0.25) is 0 Å². The largest absolute Gasteiger partial charge is 0.451 e. The average Bonchev–Trinajstić information content (AvgIpc) is 2.87. The normalized spacial score (nSPS) is 12.0. The zero-order valence-electron chi connectivity index (χ0n) is 14.4. The number of fused-ring (bicyclic) bond motifs is 1. The highest BCUT2D eigenvalue weighted by Gasteiger charge is 2.36. The number of halogens is 3. The van der Waals surface area contributed by atoms with Gasteiger partial charge in [-0.05, 0) is 19.4 Å². The van der Waals surface area contributed by atoms with E-state index in [0.717, 1.165) is 16.7 Å². The molecule has 0 saturated heterocycles. The molecule has 0 amide bonds. The summed E-state index contributed by atoms with van der Waals surface area (Å²) in [6, 6.07) is 6.04. The van der Waals surface area contributed by atoms with Gasteiger partial charge in [0.15, 0.2) is 17.0 Å². The standard InChI is InChI=1S/C17H18F3N5/c1-10-5-11(2)7-12(6-10)8-25-9-21-13-14(24(3)4)22-16(17(18,19)20)23-15(13)25/h5-7,9H,8H2,1-4H3. The number of anilines is 1. The average molecular weight is 349 g/mol. The third kappa shape index (κ3) is 3.42. The van der Waals surface area contributed by atoms with Crippen molar-refractivity contribution >= 4 is 17.0 Å². The van der Waals surface area contributed by atoms with Crippen LogP contribution in [0.15, 0.2) is 24.5 Å². The first kappa shape index (κ1) is 17.2. The summed E-state index contributed by atoms with van der Waals surface area (Å²) in [5.41, 5.74) is 3.70. The molecule has 0 unspecified atom stereocenters. The lowest BCUT2D eigenvalue weighted by Gasteiger charge is -2.14. The van der Waals surface area contributed by atoms with E-state index in [2.05, 4.69) is 15.0 Å². The second-order valence-electron chi connectivity index (χ2n) is 6.30. The first-order valence-electron chi connectivity index (χ1n) is 7.69. The fraction of sp³-hybridized carbons (Fsp3) is 0.353. The Morgan fingerprint density at radius 1 is 1.04 bits per heavy atom. The van der Waals surface area contributed by atoms with Crippen LogP contribution in [0.4, 0.5) is 19.0 Å². The van der Waals surface area contributed by atoms with Crippen molar-refractivity contribution in [3.8, 4) is 0 Å². The van der Waals surface area contributed by atoms with E-state index in [0.29, 0.717) is 12.1 Å². The zero-order chi connectivity index (χ0) is 18.4. The summed E-state index contributed by atoms with van der Waals surface area (Å²) in [6.45, 7) is 4.35. The molecule has 0 bridgehead atoms. The lowest BCUT2D eigenvalue weighted by molar-refractivity contribution is -0.144. The Balaban J connectivity index is 2.14. The maximum Gasteiger partial charge on any atom is 0.451 e. The maximum absolute atomic E-state index is 13.2. The highest BCUT2D eigenvalue weighted by Crippen LogP contribution is 2.30. The quantitative estimate of drug-likeness (QED) is 0.725. The van der Waals surface area contributed by atoms with Crippen molar-refractivity contribution in [1.29, 1.82) is 0 Å². The maximum atomic E-state index is 13.2. The summed E-state index contributed by atoms with van der Waals surface area (Å²) in [5.74, 6) is -1.01. The second kappa shape index (κ2) is 6.02. The molecule has 0 aliphatic carbocycles. The minimum absolute atomic E-state index is 0.150. The van der Waals surface area contributed by atoms with E-state index in [4.69, 9.17) is 0 Å². The molecule has 2 heterocycles. The smallest absolute Gasteiger partial charge is 0.361 e. The van der Waals surface area contributed by atoms with Gasteiger partial charge < -0.3 is 9.47 Å². The molecule has 0 fully saturated rings. The Labute approximate surface area is 143 Å². The van der Waals surface area contributed by atoms with Crippen molar-refractivity contribution < 1.29 is 13.2 Å². The zero-order valence-corrected chi connectivity index (χ0v) is 14.4. The van der Waals surface area contributed by atoms with Crippen LogP contribution < -0.4 is 4.90 Å². The van der Waals surface area contributed by atoms with Crippen LogP contribution in [0.5, 0.6) is 0 Å². The van der Waals surface area contributed by atoms with E-state index >= 15 is 0 Å². The van der Waals surface area contributed by atoms with Gasteiger partial charge in [-0.2, -0.15) is 13.2 Å². The molecule has 0 aliphatic rings. The van der Waals surface area contributed by atoms with E-state index in [-0.39, 0.29) is 11.5 Å². The molecule has 3 rings (SSSR count). The fourth-order valence-corrected chi connectivity index (χ4v) is 2.84. The van der Waals surface area contributed by atoms with Crippen LogP contribution in [0, 0.1) is 13.8 Å². The van der Waals surface area contributed by atoms with Crippen molar-refractivity contribution in [2.45, 2.75) is 26.6 Å². The van der Waals surface area contributed by atoms with Crippen LogP contribution in [0.3, 0.4) is 0 Å². The highest BCUT2D eigenvalue weighted by atomic mass is 19.4. The van der Waals surface area contributed by atoms with Crippen LogP contribution in [0.25, 0.3) is 11.2 Å².